The van der Waals surface area contributed by atoms with Crippen molar-refractivity contribution in [1.82, 2.24) is 9.38 Å². The minimum Gasteiger partial charge on any atom is -0.481 e. The molecule has 6 nitrogen and oxygen atoms in total. The number of carbonyl (C=O) groups is 2. The second-order valence-corrected chi connectivity index (χ2v) is 12.6. The number of fused-ring (bicyclic) bond motifs is 1. The molecule has 2 aromatic heterocycles. The Bertz CT molecular complexity index is 1680. The first-order valence-electron chi connectivity index (χ1n) is 15.8. The van der Waals surface area contributed by atoms with Gasteiger partial charge < -0.3 is 9.84 Å². The van der Waals surface area contributed by atoms with Crippen molar-refractivity contribution in [3.8, 4) is 5.75 Å². The molecule has 6 heteroatoms. The predicted octanol–water partition coefficient (Wildman–Crippen LogP) is 8.54. The molecule has 2 heterocycles. The van der Waals surface area contributed by atoms with Crippen LogP contribution in [0.3, 0.4) is 0 Å². The van der Waals surface area contributed by atoms with Crippen molar-refractivity contribution < 1.29 is 19.4 Å². The van der Waals surface area contributed by atoms with Crippen molar-refractivity contribution >= 4 is 17.3 Å². The first kappa shape index (κ1) is 31.7. The van der Waals surface area contributed by atoms with E-state index in [4.69, 9.17) is 9.84 Å². The van der Waals surface area contributed by atoms with Gasteiger partial charge in [0.05, 0.1) is 11.2 Å². The standard InChI is InChI=1S/C39H42N2O4/c1-26(2)24-28-11-15-31(16-12-28)38(32-17-13-29(14-18-32)25-27(3)4)45-33-21-19-30(20-22-33)37(44)39-40-34(8-7-10-36(42)43)35-9-5-6-23-41(35)39/h5-6,9,11-23,26-27,38H,7-8,10,24-25H2,1-4H3,(H,42,43). The summed E-state index contributed by atoms with van der Waals surface area (Å²) >= 11 is 0. The number of benzene rings is 3. The van der Waals surface area contributed by atoms with Gasteiger partial charge in [0.25, 0.3) is 0 Å². The van der Waals surface area contributed by atoms with Crippen LogP contribution in [0.2, 0.25) is 0 Å². The number of carboxylic acid groups (broad SMARTS) is 1. The zero-order valence-corrected chi connectivity index (χ0v) is 26.6. The van der Waals surface area contributed by atoms with Crippen LogP contribution in [0.1, 0.15) is 90.8 Å². The lowest BCUT2D eigenvalue weighted by Crippen LogP contribution is -2.11. The van der Waals surface area contributed by atoms with Crippen LogP contribution in [0.5, 0.6) is 5.75 Å². The van der Waals surface area contributed by atoms with E-state index in [1.165, 1.54) is 11.1 Å². The maximum Gasteiger partial charge on any atom is 0.303 e. The first-order valence-corrected chi connectivity index (χ1v) is 15.8. The number of aryl methyl sites for hydroxylation is 1. The first-order chi connectivity index (χ1) is 21.7. The summed E-state index contributed by atoms with van der Waals surface area (Å²) in [6.45, 7) is 8.90. The highest BCUT2D eigenvalue weighted by atomic mass is 16.5. The van der Waals surface area contributed by atoms with Crippen LogP contribution in [0.4, 0.5) is 0 Å². The molecule has 0 atom stereocenters. The Labute approximate surface area is 265 Å². The van der Waals surface area contributed by atoms with Gasteiger partial charge in [0.1, 0.15) is 11.9 Å². The third-order valence-electron chi connectivity index (χ3n) is 7.86. The number of imidazole rings is 1. The summed E-state index contributed by atoms with van der Waals surface area (Å²) in [6.07, 6.45) is 4.56. The molecule has 0 saturated carbocycles. The average molecular weight is 603 g/mol. The fraction of sp³-hybridized carbons (Fsp3) is 0.308. The van der Waals surface area contributed by atoms with Gasteiger partial charge in [-0.2, -0.15) is 0 Å². The number of hydrogen-bond donors (Lipinski definition) is 1. The van der Waals surface area contributed by atoms with Gasteiger partial charge in [-0.1, -0.05) is 82.3 Å². The van der Waals surface area contributed by atoms with Gasteiger partial charge in [-0.3, -0.25) is 14.0 Å². The van der Waals surface area contributed by atoms with Crippen LogP contribution in [0.15, 0.2) is 97.2 Å². The largest absolute Gasteiger partial charge is 0.481 e. The number of aliphatic carboxylic acids is 1. The van der Waals surface area contributed by atoms with Gasteiger partial charge >= 0.3 is 5.97 Å². The highest BCUT2D eigenvalue weighted by Crippen LogP contribution is 2.30. The van der Waals surface area contributed by atoms with Crippen LogP contribution >= 0.6 is 0 Å². The Morgan fingerprint density at radius 1 is 0.778 bits per heavy atom. The van der Waals surface area contributed by atoms with Crippen molar-refractivity contribution in [3.63, 3.8) is 0 Å². The number of nitrogens with zero attached hydrogens (tertiary/aromatic N) is 2. The maximum absolute atomic E-state index is 13.6. The summed E-state index contributed by atoms with van der Waals surface area (Å²) in [4.78, 5) is 29.3. The van der Waals surface area contributed by atoms with Crippen LogP contribution < -0.4 is 4.74 Å². The van der Waals surface area contributed by atoms with Crippen molar-refractivity contribution in [2.24, 2.45) is 11.8 Å². The van der Waals surface area contributed by atoms with E-state index in [0.29, 0.717) is 41.8 Å². The van der Waals surface area contributed by atoms with E-state index < -0.39 is 5.97 Å². The molecular weight excluding hydrogens is 560 g/mol. The van der Waals surface area contributed by atoms with Crippen molar-refractivity contribution in [3.05, 3.63) is 137 Å². The summed E-state index contributed by atoms with van der Waals surface area (Å²) < 4.78 is 8.41. The number of ketones is 1. The number of aromatic nitrogens is 2. The topological polar surface area (TPSA) is 80.9 Å². The van der Waals surface area contributed by atoms with E-state index in [9.17, 15) is 9.59 Å². The predicted molar refractivity (Wildman–Crippen MR) is 178 cm³/mol. The SMILES string of the molecule is CC(C)Cc1ccc(C(Oc2ccc(C(=O)c3nc(CCCC(=O)O)c4ccccn34)cc2)c2ccc(CC(C)C)cc2)cc1. The van der Waals surface area contributed by atoms with Gasteiger partial charge in [-0.25, -0.2) is 4.98 Å². The number of rotatable bonds is 14. The van der Waals surface area contributed by atoms with E-state index in [1.54, 1.807) is 16.5 Å². The summed E-state index contributed by atoms with van der Waals surface area (Å²) in [5, 5.41) is 9.04. The minimum absolute atomic E-state index is 0.0573. The molecule has 5 rings (SSSR count). The molecule has 3 aromatic carbocycles. The van der Waals surface area contributed by atoms with Crippen LogP contribution in [-0.2, 0) is 24.1 Å². The maximum atomic E-state index is 13.6. The van der Waals surface area contributed by atoms with Gasteiger partial charge in [0, 0.05) is 18.2 Å². The lowest BCUT2D eigenvalue weighted by atomic mass is 9.95. The molecule has 0 aliphatic rings. The number of carbonyl (C=O) groups excluding carboxylic acids is 1. The molecule has 0 unspecified atom stereocenters. The van der Waals surface area contributed by atoms with Crippen LogP contribution in [-0.4, -0.2) is 26.2 Å². The lowest BCUT2D eigenvalue weighted by Gasteiger charge is -2.21. The van der Waals surface area contributed by atoms with Crippen molar-refractivity contribution in [1.29, 1.82) is 0 Å². The quantitative estimate of drug-likeness (QED) is 0.129. The van der Waals surface area contributed by atoms with Gasteiger partial charge in [-0.15, -0.1) is 0 Å². The Morgan fingerprint density at radius 3 is 1.89 bits per heavy atom. The monoisotopic (exact) mass is 602 g/mol. The molecule has 0 aliphatic heterocycles. The second-order valence-electron chi connectivity index (χ2n) is 12.6. The molecule has 1 N–H and O–H groups in total. The number of pyridine rings is 1. The third-order valence-corrected chi connectivity index (χ3v) is 7.86. The van der Waals surface area contributed by atoms with Crippen molar-refractivity contribution in [2.45, 2.75) is 65.9 Å². The molecule has 0 saturated heterocycles. The minimum atomic E-state index is -0.842. The van der Waals surface area contributed by atoms with E-state index in [2.05, 4.69) is 81.2 Å². The molecule has 0 spiro atoms. The van der Waals surface area contributed by atoms with Crippen LogP contribution in [0.25, 0.3) is 5.52 Å². The summed E-state index contributed by atoms with van der Waals surface area (Å²) in [6, 6.07) is 30.2. The molecule has 0 amide bonds. The fourth-order valence-corrected chi connectivity index (χ4v) is 5.73. The van der Waals surface area contributed by atoms with E-state index >= 15 is 0 Å². The molecular formula is C39H42N2O4. The Balaban J connectivity index is 1.39. The fourth-order valence-electron chi connectivity index (χ4n) is 5.73. The second kappa shape index (κ2) is 14.4. The van der Waals surface area contributed by atoms with E-state index in [-0.39, 0.29) is 18.3 Å². The Hall–Kier alpha value is -4.71. The summed E-state index contributed by atoms with van der Waals surface area (Å²) in [7, 11) is 0. The molecule has 0 aliphatic carbocycles. The zero-order chi connectivity index (χ0) is 31.9. The highest BCUT2D eigenvalue weighted by molar-refractivity contribution is 6.07. The molecule has 232 valence electrons. The number of ether oxygens (including phenoxy) is 1. The third kappa shape index (κ3) is 8.07. The van der Waals surface area contributed by atoms with Gasteiger partial charge in [0.15, 0.2) is 5.82 Å². The Morgan fingerprint density at radius 2 is 1.36 bits per heavy atom. The average Bonchev–Trinajstić information content (AvgIpc) is 3.38. The molecule has 0 radical (unpaired) electrons. The van der Waals surface area contributed by atoms with E-state index in [0.717, 1.165) is 35.2 Å². The highest BCUT2D eigenvalue weighted by Gasteiger charge is 2.21. The summed E-state index contributed by atoms with van der Waals surface area (Å²) in [5.41, 5.74) is 6.79. The molecule has 5 aromatic rings. The molecule has 45 heavy (non-hydrogen) atoms. The van der Waals surface area contributed by atoms with Gasteiger partial charge in [-0.05, 0) is 96.2 Å². The van der Waals surface area contributed by atoms with Crippen molar-refractivity contribution in [2.75, 3.05) is 0 Å². The normalized spacial score (nSPS) is 11.5. The van der Waals surface area contributed by atoms with Gasteiger partial charge in [0.2, 0.25) is 5.78 Å². The number of hydrogen-bond acceptors (Lipinski definition) is 4. The lowest BCUT2D eigenvalue weighted by molar-refractivity contribution is -0.137. The molecule has 0 fully saturated rings. The number of carboxylic acids is 1. The van der Waals surface area contributed by atoms with E-state index in [1.807, 2.05) is 36.5 Å². The Kier molecular flexibility index (Phi) is 10.1. The molecule has 0 bridgehead atoms. The smallest absolute Gasteiger partial charge is 0.303 e. The summed E-state index contributed by atoms with van der Waals surface area (Å²) in [5.74, 6) is 1.10. The van der Waals surface area contributed by atoms with Crippen LogP contribution in [0, 0.1) is 11.8 Å². The zero-order valence-electron chi connectivity index (χ0n) is 26.6.